The third-order valence-electron chi connectivity index (χ3n) is 3.92. The number of hydrogen-bond acceptors (Lipinski definition) is 8. The summed E-state index contributed by atoms with van der Waals surface area (Å²) in [5.41, 5.74) is 0.631. The first-order chi connectivity index (χ1) is 12.4. The molecule has 0 heterocycles. The van der Waals surface area contributed by atoms with Gasteiger partial charge in [0.2, 0.25) is 0 Å². The minimum atomic E-state index is -1.04. The van der Waals surface area contributed by atoms with Gasteiger partial charge in [-0.1, -0.05) is 0 Å². The number of nitro benzene ring substituents is 2. The van der Waals surface area contributed by atoms with Gasteiger partial charge in [0.05, 0.1) is 9.85 Å². The summed E-state index contributed by atoms with van der Waals surface area (Å²) in [4.78, 5) is 44.5. The van der Waals surface area contributed by atoms with E-state index in [4.69, 9.17) is 0 Å². The number of Topliss-reactive ketones (excluding diaryl/α,β-unsaturated/α-hetero) is 2. The van der Waals surface area contributed by atoms with Gasteiger partial charge in [0.25, 0.3) is 11.4 Å². The molecule has 3 rings (SSSR count). The second-order valence-electron chi connectivity index (χ2n) is 5.57. The van der Waals surface area contributed by atoms with Crippen molar-refractivity contribution in [3.8, 4) is 0 Å². The predicted molar refractivity (Wildman–Crippen MR) is 91.0 cm³/mol. The van der Waals surface area contributed by atoms with E-state index < -0.39 is 21.9 Å². The van der Waals surface area contributed by atoms with Crippen LogP contribution < -0.4 is 10.6 Å². The van der Waals surface area contributed by atoms with Crippen LogP contribution in [-0.4, -0.2) is 33.5 Å². The molecule has 2 aromatic rings. The Hall–Kier alpha value is -3.82. The number of hydrogen-bond donors (Lipinski definition) is 2. The molecule has 10 heteroatoms. The molecular formula is C16H12N4O6. The smallest absolute Gasteiger partial charge is 0.269 e. The Bertz CT molecular complexity index is 806. The lowest BCUT2D eigenvalue weighted by atomic mass is 9.83. The molecule has 132 valence electrons. The van der Waals surface area contributed by atoms with Crippen LogP contribution in [0.4, 0.5) is 22.7 Å². The van der Waals surface area contributed by atoms with E-state index in [9.17, 15) is 29.8 Å². The number of anilines is 2. The molecule has 0 aliphatic heterocycles. The number of carbonyl (C=O) groups is 2. The number of nitro groups is 2. The Morgan fingerprint density at radius 3 is 1.23 bits per heavy atom. The standard InChI is InChI=1S/C16H12N4O6/c21-15-13(17-9-1-5-11(6-2-9)19(23)24)16(22)14(15)18-10-3-7-12(8-4-10)20(25)26/h1-8,13-14,17-18H. The summed E-state index contributed by atoms with van der Waals surface area (Å²) in [6.07, 6.45) is 0. The summed E-state index contributed by atoms with van der Waals surface area (Å²) < 4.78 is 0. The van der Waals surface area contributed by atoms with E-state index in [0.29, 0.717) is 11.4 Å². The fourth-order valence-electron chi connectivity index (χ4n) is 2.49. The highest BCUT2D eigenvalue weighted by atomic mass is 16.6. The third-order valence-corrected chi connectivity index (χ3v) is 3.92. The molecule has 0 aromatic heterocycles. The highest BCUT2D eigenvalue weighted by Gasteiger charge is 2.49. The summed E-state index contributed by atoms with van der Waals surface area (Å²) >= 11 is 0. The van der Waals surface area contributed by atoms with E-state index in [1.54, 1.807) is 0 Å². The van der Waals surface area contributed by atoms with Gasteiger partial charge in [0.1, 0.15) is 12.1 Å². The number of non-ortho nitro benzene ring substituents is 2. The number of rotatable bonds is 6. The quantitative estimate of drug-likeness (QED) is 0.453. The number of nitrogens with zero attached hydrogens (tertiary/aromatic N) is 2. The maximum absolute atomic E-state index is 12.2. The molecular weight excluding hydrogens is 344 g/mol. The van der Waals surface area contributed by atoms with E-state index in [1.165, 1.54) is 48.5 Å². The van der Waals surface area contributed by atoms with Crippen molar-refractivity contribution >= 4 is 34.3 Å². The zero-order valence-electron chi connectivity index (χ0n) is 13.1. The highest BCUT2D eigenvalue weighted by Crippen LogP contribution is 2.24. The molecule has 1 fully saturated rings. The van der Waals surface area contributed by atoms with Gasteiger partial charge in [-0.05, 0) is 24.3 Å². The van der Waals surface area contributed by atoms with Gasteiger partial charge in [-0.25, -0.2) is 0 Å². The van der Waals surface area contributed by atoms with Gasteiger partial charge in [-0.2, -0.15) is 0 Å². The molecule has 1 aliphatic rings. The van der Waals surface area contributed by atoms with E-state index in [1.807, 2.05) is 0 Å². The lowest BCUT2D eigenvalue weighted by molar-refractivity contribution is -0.385. The average Bonchev–Trinajstić information content (AvgIpc) is 2.64. The van der Waals surface area contributed by atoms with Crippen LogP contribution in [0.2, 0.25) is 0 Å². The second-order valence-corrected chi connectivity index (χ2v) is 5.57. The number of ketones is 2. The van der Waals surface area contributed by atoms with Gasteiger partial charge in [-0.3, -0.25) is 29.8 Å². The maximum atomic E-state index is 12.2. The van der Waals surface area contributed by atoms with Crippen molar-refractivity contribution in [2.24, 2.45) is 0 Å². The Morgan fingerprint density at radius 1 is 0.654 bits per heavy atom. The summed E-state index contributed by atoms with van der Waals surface area (Å²) in [5, 5.41) is 26.7. The molecule has 1 saturated carbocycles. The Labute approximate surface area is 146 Å². The first-order valence-electron chi connectivity index (χ1n) is 7.46. The monoisotopic (exact) mass is 356 g/mol. The Balaban J connectivity index is 1.62. The van der Waals surface area contributed by atoms with Crippen molar-refractivity contribution < 1.29 is 19.4 Å². The molecule has 0 atom stereocenters. The second kappa shape index (κ2) is 6.59. The average molecular weight is 356 g/mol. The number of carbonyl (C=O) groups excluding carboxylic acids is 2. The zero-order chi connectivity index (χ0) is 18.8. The SMILES string of the molecule is O=C1C(Nc2ccc([N+](=O)[O-])cc2)C(=O)C1Nc1ccc([N+](=O)[O-])cc1. The molecule has 1 aliphatic carbocycles. The van der Waals surface area contributed by atoms with E-state index in [0.717, 1.165) is 0 Å². The summed E-state index contributed by atoms with van der Waals surface area (Å²) in [6.45, 7) is 0. The molecule has 0 saturated heterocycles. The lowest BCUT2D eigenvalue weighted by Crippen LogP contribution is -2.64. The van der Waals surface area contributed by atoms with E-state index in [-0.39, 0.29) is 22.9 Å². The van der Waals surface area contributed by atoms with Crippen molar-refractivity contribution in [2.75, 3.05) is 10.6 Å². The van der Waals surface area contributed by atoms with Crippen LogP contribution in [0.25, 0.3) is 0 Å². The van der Waals surface area contributed by atoms with Gasteiger partial charge < -0.3 is 10.6 Å². The molecule has 0 unspecified atom stereocenters. The largest absolute Gasteiger partial charge is 0.369 e. The van der Waals surface area contributed by atoms with Gasteiger partial charge >= 0.3 is 0 Å². The fraction of sp³-hybridized carbons (Fsp3) is 0.125. The third kappa shape index (κ3) is 3.20. The summed E-state index contributed by atoms with van der Waals surface area (Å²) in [7, 11) is 0. The topological polar surface area (TPSA) is 144 Å². The van der Waals surface area contributed by atoms with Crippen molar-refractivity contribution in [3.05, 3.63) is 68.8 Å². The van der Waals surface area contributed by atoms with Crippen molar-refractivity contribution in [3.63, 3.8) is 0 Å². The zero-order valence-corrected chi connectivity index (χ0v) is 13.1. The van der Waals surface area contributed by atoms with Crippen molar-refractivity contribution in [2.45, 2.75) is 12.1 Å². The molecule has 2 N–H and O–H groups in total. The van der Waals surface area contributed by atoms with Crippen molar-refractivity contribution in [1.82, 2.24) is 0 Å². The molecule has 0 amide bonds. The molecule has 0 bridgehead atoms. The minimum absolute atomic E-state index is 0.0977. The van der Waals surface area contributed by atoms with Crippen LogP contribution in [-0.2, 0) is 9.59 Å². The first kappa shape index (κ1) is 17.0. The first-order valence-corrected chi connectivity index (χ1v) is 7.46. The lowest BCUT2D eigenvalue weighted by Gasteiger charge is -2.33. The normalized spacial score (nSPS) is 18.8. The van der Waals surface area contributed by atoms with Crippen LogP contribution in [0.1, 0.15) is 0 Å². The number of benzene rings is 2. The summed E-state index contributed by atoms with van der Waals surface area (Å²) in [5.74, 6) is -0.765. The Morgan fingerprint density at radius 2 is 0.962 bits per heavy atom. The van der Waals surface area contributed by atoms with Gasteiger partial charge in [0.15, 0.2) is 11.6 Å². The fourth-order valence-corrected chi connectivity index (χ4v) is 2.49. The minimum Gasteiger partial charge on any atom is -0.369 e. The molecule has 10 nitrogen and oxygen atoms in total. The van der Waals surface area contributed by atoms with Crippen LogP contribution in [0.3, 0.4) is 0 Å². The molecule has 0 spiro atoms. The number of nitrogens with one attached hydrogen (secondary N) is 2. The maximum Gasteiger partial charge on any atom is 0.269 e. The van der Waals surface area contributed by atoms with Gasteiger partial charge in [0, 0.05) is 35.6 Å². The molecule has 0 radical (unpaired) electrons. The molecule has 2 aromatic carbocycles. The highest BCUT2D eigenvalue weighted by molar-refractivity contribution is 6.33. The van der Waals surface area contributed by atoms with E-state index in [2.05, 4.69) is 10.6 Å². The van der Waals surface area contributed by atoms with Crippen LogP contribution in [0.15, 0.2) is 48.5 Å². The van der Waals surface area contributed by atoms with Crippen molar-refractivity contribution in [1.29, 1.82) is 0 Å². The predicted octanol–water partition coefficient (Wildman–Crippen LogP) is 1.92. The Kier molecular flexibility index (Phi) is 4.31. The van der Waals surface area contributed by atoms with Crippen LogP contribution >= 0.6 is 0 Å². The van der Waals surface area contributed by atoms with E-state index >= 15 is 0 Å². The van der Waals surface area contributed by atoms with Crippen LogP contribution in [0, 0.1) is 20.2 Å². The molecule has 26 heavy (non-hydrogen) atoms. The summed E-state index contributed by atoms with van der Waals surface area (Å²) in [6, 6.07) is 8.65. The van der Waals surface area contributed by atoms with Crippen LogP contribution in [0.5, 0.6) is 0 Å². The van der Waals surface area contributed by atoms with Gasteiger partial charge in [-0.15, -0.1) is 0 Å².